The van der Waals surface area contributed by atoms with Crippen LogP contribution in [0, 0.1) is 5.92 Å². The van der Waals surface area contributed by atoms with Gasteiger partial charge in [0.05, 0.1) is 0 Å². The molecule has 110 valence electrons. The zero-order chi connectivity index (χ0) is 13.8. The number of anilines is 1. The predicted octanol–water partition coefficient (Wildman–Crippen LogP) is 3.96. The number of rotatable bonds is 4. The molecule has 1 aliphatic heterocycles. The van der Waals surface area contributed by atoms with Crippen LogP contribution < -0.4 is 10.2 Å². The van der Waals surface area contributed by atoms with E-state index in [9.17, 15) is 0 Å². The van der Waals surface area contributed by atoms with E-state index in [0.29, 0.717) is 0 Å². The highest BCUT2D eigenvalue weighted by Crippen LogP contribution is 2.38. The molecule has 1 saturated carbocycles. The molecule has 0 aromatic heterocycles. The predicted molar refractivity (Wildman–Crippen MR) is 86.1 cm³/mol. The molecule has 0 radical (unpaired) electrons. The Bertz CT molecular complexity index is 427. The largest absolute Gasteiger partial charge is 0.368 e. The summed E-state index contributed by atoms with van der Waals surface area (Å²) in [5.74, 6) is 0.949. The van der Waals surface area contributed by atoms with Crippen molar-refractivity contribution in [2.75, 3.05) is 18.0 Å². The molecule has 1 aliphatic carbocycles. The van der Waals surface area contributed by atoms with Crippen LogP contribution in [-0.2, 0) is 6.54 Å². The van der Waals surface area contributed by atoms with Crippen LogP contribution in [0.25, 0.3) is 0 Å². The van der Waals surface area contributed by atoms with Crippen LogP contribution in [0.2, 0.25) is 0 Å². The average Bonchev–Trinajstić information content (AvgIpc) is 2.53. The highest BCUT2D eigenvalue weighted by atomic mass is 15.2. The van der Waals surface area contributed by atoms with Gasteiger partial charge in [-0.2, -0.15) is 0 Å². The summed E-state index contributed by atoms with van der Waals surface area (Å²) in [6.07, 6.45) is 8.56. The molecule has 1 aromatic rings. The second-order valence-corrected chi connectivity index (χ2v) is 6.36. The van der Waals surface area contributed by atoms with Crippen molar-refractivity contribution in [3.05, 3.63) is 29.8 Å². The van der Waals surface area contributed by atoms with Crippen molar-refractivity contribution >= 4 is 5.69 Å². The van der Waals surface area contributed by atoms with E-state index in [1.165, 1.54) is 56.3 Å². The lowest BCUT2D eigenvalue weighted by Crippen LogP contribution is -2.47. The highest BCUT2D eigenvalue weighted by molar-refractivity contribution is 5.55. The maximum absolute atomic E-state index is 3.49. The van der Waals surface area contributed by atoms with Gasteiger partial charge in [0.2, 0.25) is 0 Å². The SMILES string of the molecule is CCNCc1ccccc1N1CCCC2CCCCC21. The molecule has 1 heterocycles. The fourth-order valence-corrected chi connectivity index (χ4v) is 4.12. The van der Waals surface area contributed by atoms with Gasteiger partial charge in [-0.25, -0.2) is 0 Å². The molecule has 3 rings (SSSR count). The van der Waals surface area contributed by atoms with E-state index in [2.05, 4.69) is 41.4 Å². The molecule has 1 N–H and O–H groups in total. The molecule has 0 spiro atoms. The third kappa shape index (κ3) is 2.85. The van der Waals surface area contributed by atoms with Gasteiger partial charge in [0.15, 0.2) is 0 Å². The number of para-hydroxylation sites is 1. The second-order valence-electron chi connectivity index (χ2n) is 6.36. The smallest absolute Gasteiger partial charge is 0.0414 e. The first-order valence-electron chi connectivity index (χ1n) is 8.45. The standard InChI is InChI=1S/C18H28N2/c1-2-19-14-16-9-4-6-12-18(16)20-13-7-10-15-8-3-5-11-17(15)20/h4,6,9,12,15,17,19H,2-3,5,7-8,10-11,13-14H2,1H3. The number of nitrogens with zero attached hydrogens (tertiary/aromatic N) is 1. The summed E-state index contributed by atoms with van der Waals surface area (Å²) in [4.78, 5) is 2.74. The third-order valence-corrected chi connectivity index (χ3v) is 5.11. The Kier molecular flexibility index (Phi) is 4.62. The minimum Gasteiger partial charge on any atom is -0.368 e. The Balaban J connectivity index is 1.83. The van der Waals surface area contributed by atoms with Gasteiger partial charge in [-0.1, -0.05) is 38.0 Å². The molecular formula is C18H28N2. The topological polar surface area (TPSA) is 15.3 Å². The summed E-state index contributed by atoms with van der Waals surface area (Å²) in [7, 11) is 0. The third-order valence-electron chi connectivity index (χ3n) is 5.11. The van der Waals surface area contributed by atoms with E-state index in [1.54, 1.807) is 0 Å². The Labute approximate surface area is 123 Å². The lowest BCUT2D eigenvalue weighted by molar-refractivity contribution is 0.243. The molecule has 2 atom stereocenters. The lowest BCUT2D eigenvalue weighted by atomic mass is 9.78. The van der Waals surface area contributed by atoms with Crippen LogP contribution in [0.3, 0.4) is 0 Å². The summed E-state index contributed by atoms with van der Waals surface area (Å²) in [6, 6.07) is 9.82. The van der Waals surface area contributed by atoms with Crippen molar-refractivity contribution in [3.63, 3.8) is 0 Å². The van der Waals surface area contributed by atoms with Crippen LogP contribution in [-0.4, -0.2) is 19.1 Å². The summed E-state index contributed by atoms with van der Waals surface area (Å²) in [5.41, 5.74) is 2.96. The van der Waals surface area contributed by atoms with Gasteiger partial charge in [0.25, 0.3) is 0 Å². The molecule has 2 fully saturated rings. The quantitative estimate of drug-likeness (QED) is 0.892. The molecule has 0 amide bonds. The normalized spacial score (nSPS) is 26.4. The van der Waals surface area contributed by atoms with Crippen LogP contribution in [0.5, 0.6) is 0 Å². The zero-order valence-corrected chi connectivity index (χ0v) is 12.8. The first-order valence-corrected chi connectivity index (χ1v) is 8.45. The van der Waals surface area contributed by atoms with Crippen LogP contribution in [0.15, 0.2) is 24.3 Å². The maximum atomic E-state index is 3.49. The van der Waals surface area contributed by atoms with E-state index in [-0.39, 0.29) is 0 Å². The van der Waals surface area contributed by atoms with E-state index >= 15 is 0 Å². The summed E-state index contributed by atoms with van der Waals surface area (Å²) in [5, 5.41) is 3.49. The van der Waals surface area contributed by atoms with Crippen LogP contribution >= 0.6 is 0 Å². The molecule has 0 bridgehead atoms. The van der Waals surface area contributed by atoms with Crippen LogP contribution in [0.4, 0.5) is 5.69 Å². The lowest BCUT2D eigenvalue weighted by Gasteiger charge is -2.46. The Morgan fingerprint density at radius 3 is 2.80 bits per heavy atom. The molecule has 2 unspecified atom stereocenters. The minimum atomic E-state index is 0.806. The number of hydrogen-bond donors (Lipinski definition) is 1. The second kappa shape index (κ2) is 6.62. The molecule has 2 aliphatic rings. The van der Waals surface area contributed by atoms with Gasteiger partial charge >= 0.3 is 0 Å². The first-order chi connectivity index (χ1) is 9.90. The maximum Gasteiger partial charge on any atom is 0.0414 e. The Hall–Kier alpha value is -1.02. The van der Waals surface area contributed by atoms with Crippen molar-refractivity contribution in [1.82, 2.24) is 5.32 Å². The first kappa shape index (κ1) is 13.9. The molecule has 1 saturated heterocycles. The molecular weight excluding hydrogens is 244 g/mol. The Morgan fingerprint density at radius 2 is 1.90 bits per heavy atom. The fourth-order valence-electron chi connectivity index (χ4n) is 4.12. The van der Waals surface area contributed by atoms with Crippen molar-refractivity contribution in [2.45, 2.75) is 58.0 Å². The summed E-state index contributed by atoms with van der Waals surface area (Å²) >= 11 is 0. The van der Waals surface area contributed by atoms with Gasteiger partial charge in [-0.3, -0.25) is 0 Å². The van der Waals surface area contributed by atoms with Crippen molar-refractivity contribution in [1.29, 1.82) is 0 Å². The van der Waals surface area contributed by atoms with Gasteiger partial charge in [-0.15, -0.1) is 0 Å². The fraction of sp³-hybridized carbons (Fsp3) is 0.667. The average molecular weight is 272 g/mol. The van der Waals surface area contributed by atoms with E-state index in [1.807, 2.05) is 0 Å². The number of piperidine rings is 1. The minimum absolute atomic E-state index is 0.806. The van der Waals surface area contributed by atoms with E-state index in [4.69, 9.17) is 0 Å². The van der Waals surface area contributed by atoms with E-state index in [0.717, 1.165) is 25.0 Å². The number of hydrogen-bond acceptors (Lipinski definition) is 2. The van der Waals surface area contributed by atoms with Crippen LogP contribution in [0.1, 0.15) is 51.0 Å². The van der Waals surface area contributed by atoms with Gasteiger partial charge < -0.3 is 10.2 Å². The Morgan fingerprint density at radius 1 is 1.10 bits per heavy atom. The van der Waals surface area contributed by atoms with Gasteiger partial charge in [0, 0.05) is 24.8 Å². The number of nitrogens with one attached hydrogen (secondary N) is 1. The number of fused-ring (bicyclic) bond motifs is 1. The molecule has 1 aromatic carbocycles. The van der Waals surface area contributed by atoms with Crippen molar-refractivity contribution < 1.29 is 0 Å². The summed E-state index contributed by atoms with van der Waals surface area (Å²) in [6.45, 7) is 5.48. The molecule has 20 heavy (non-hydrogen) atoms. The van der Waals surface area contributed by atoms with Gasteiger partial charge in [-0.05, 0) is 49.8 Å². The van der Waals surface area contributed by atoms with Crippen molar-refractivity contribution in [2.24, 2.45) is 5.92 Å². The zero-order valence-electron chi connectivity index (χ0n) is 12.8. The highest BCUT2D eigenvalue weighted by Gasteiger charge is 2.33. The summed E-state index contributed by atoms with van der Waals surface area (Å²) < 4.78 is 0. The monoisotopic (exact) mass is 272 g/mol. The number of benzene rings is 1. The van der Waals surface area contributed by atoms with E-state index < -0.39 is 0 Å². The van der Waals surface area contributed by atoms with Crippen molar-refractivity contribution in [3.8, 4) is 0 Å². The van der Waals surface area contributed by atoms with Gasteiger partial charge in [0.1, 0.15) is 0 Å². The molecule has 2 nitrogen and oxygen atoms in total. The molecule has 2 heteroatoms.